The molecule has 2 aromatic carbocycles. The smallest absolute Gasteiger partial charge is 0.337 e. The summed E-state index contributed by atoms with van der Waals surface area (Å²) in [5, 5.41) is 38.0. The minimum atomic E-state index is -1.07. The number of ketones is 1. The first kappa shape index (κ1) is 29.2. The third kappa shape index (κ3) is 9.88. The van der Waals surface area contributed by atoms with Crippen LogP contribution in [0.25, 0.3) is 0 Å². The second-order valence-electron chi connectivity index (χ2n) is 6.45. The Morgan fingerprint density at radius 3 is 1.27 bits per heavy atom. The van der Waals surface area contributed by atoms with E-state index in [0.29, 0.717) is 0 Å². The Bertz CT molecular complexity index is 882. The van der Waals surface area contributed by atoms with Gasteiger partial charge in [-0.1, -0.05) is 24.3 Å². The van der Waals surface area contributed by atoms with Crippen molar-refractivity contribution >= 4 is 35.4 Å². The number of nitrogens with zero attached hydrogens (tertiary/aromatic N) is 2. The Balaban J connectivity index is 0.000000517. The zero-order valence-corrected chi connectivity index (χ0v) is 18.3. The number of aldehydes is 1. The summed E-state index contributed by atoms with van der Waals surface area (Å²) < 4.78 is 0. The van der Waals surface area contributed by atoms with Crippen LogP contribution in [0.15, 0.2) is 48.5 Å². The summed E-state index contributed by atoms with van der Waals surface area (Å²) >= 11 is 0. The first-order valence-electron chi connectivity index (χ1n) is 9.39. The number of aliphatic hydroxyl groups excluding tert-OH is 2. The van der Waals surface area contributed by atoms with Gasteiger partial charge in [0, 0.05) is 6.92 Å². The molecule has 12 heteroatoms. The van der Waals surface area contributed by atoms with Crippen LogP contribution in [0, 0.1) is 0 Å². The highest BCUT2D eigenvalue weighted by molar-refractivity contribution is 6.23. The minimum Gasteiger partial charge on any atom is -0.478 e. The molecule has 0 saturated carbocycles. The van der Waals surface area contributed by atoms with Gasteiger partial charge in [-0.15, -0.1) is 0 Å². The van der Waals surface area contributed by atoms with Crippen LogP contribution >= 0.6 is 0 Å². The number of hydrogen-bond acceptors (Lipinski definition) is 10. The summed E-state index contributed by atoms with van der Waals surface area (Å²) in [6, 6.07) is 12.5. The number of hydrogen-bond donors (Lipinski definition) is 6. The maximum atomic E-state index is 10.8. The lowest BCUT2D eigenvalue weighted by Crippen LogP contribution is -2.40. The van der Waals surface area contributed by atoms with Crippen molar-refractivity contribution in [3.63, 3.8) is 0 Å². The summed E-state index contributed by atoms with van der Waals surface area (Å²) in [6.45, 7) is 4.13. The van der Waals surface area contributed by atoms with Crippen molar-refractivity contribution in [2.24, 2.45) is 11.7 Å². The lowest BCUT2D eigenvalue weighted by atomic mass is 10.1. The summed E-state index contributed by atoms with van der Waals surface area (Å²) in [4.78, 5) is 40.2. The van der Waals surface area contributed by atoms with Crippen molar-refractivity contribution in [2.45, 2.75) is 33.2 Å². The number of para-hydroxylation sites is 2. The number of carboxylic acid groups (broad SMARTS) is 2. The lowest BCUT2D eigenvalue weighted by Gasteiger charge is -2.23. The van der Waals surface area contributed by atoms with Crippen molar-refractivity contribution in [3.8, 4) is 0 Å². The van der Waals surface area contributed by atoms with Gasteiger partial charge >= 0.3 is 11.9 Å². The molecule has 0 radical (unpaired) electrons. The molecule has 0 fully saturated rings. The van der Waals surface area contributed by atoms with Crippen LogP contribution in [-0.4, -0.2) is 56.9 Å². The molecular formula is C21H28N4O8. The Kier molecular flexibility index (Phi) is 12.6. The maximum absolute atomic E-state index is 10.8. The van der Waals surface area contributed by atoms with Crippen LogP contribution in [0.2, 0.25) is 0 Å². The molecule has 2 atom stereocenters. The SMILES string of the molecule is CC(=O)C=O.CC(O)N(N)c1ccccc1C(=O)O.CC(O)N(N)c1ccccc1C(=O)O. The monoisotopic (exact) mass is 464 g/mol. The average Bonchev–Trinajstić information content (AvgIpc) is 2.78. The predicted molar refractivity (Wildman–Crippen MR) is 120 cm³/mol. The lowest BCUT2D eigenvalue weighted by molar-refractivity contribution is -0.128. The number of carbonyl (C=O) groups is 4. The second kappa shape index (κ2) is 14.3. The normalized spacial score (nSPS) is 11.4. The zero-order chi connectivity index (χ0) is 25.7. The molecule has 8 N–H and O–H groups in total. The van der Waals surface area contributed by atoms with E-state index in [9.17, 15) is 24.6 Å². The number of aromatic carboxylic acids is 2. The summed E-state index contributed by atoms with van der Waals surface area (Å²) in [6.07, 6.45) is -1.59. The van der Waals surface area contributed by atoms with Crippen molar-refractivity contribution in [2.75, 3.05) is 10.0 Å². The highest BCUT2D eigenvalue weighted by Crippen LogP contribution is 2.19. The first-order valence-corrected chi connectivity index (χ1v) is 9.39. The molecule has 0 aliphatic carbocycles. The number of rotatable bonds is 7. The van der Waals surface area contributed by atoms with E-state index in [-0.39, 0.29) is 28.8 Å². The molecule has 2 rings (SSSR count). The number of carboxylic acids is 2. The van der Waals surface area contributed by atoms with Crippen LogP contribution in [0.5, 0.6) is 0 Å². The van der Waals surface area contributed by atoms with Gasteiger partial charge in [0.05, 0.1) is 22.5 Å². The molecule has 0 heterocycles. The average molecular weight is 464 g/mol. The molecule has 0 aliphatic heterocycles. The molecule has 0 amide bonds. The first-order chi connectivity index (χ1) is 15.3. The fourth-order valence-electron chi connectivity index (χ4n) is 2.16. The Hall–Kier alpha value is -3.84. The maximum Gasteiger partial charge on any atom is 0.337 e. The van der Waals surface area contributed by atoms with E-state index in [4.69, 9.17) is 26.7 Å². The molecular weight excluding hydrogens is 436 g/mol. The van der Waals surface area contributed by atoms with Gasteiger partial charge in [-0.3, -0.25) is 19.6 Å². The van der Waals surface area contributed by atoms with Gasteiger partial charge in [-0.2, -0.15) is 0 Å². The topological polar surface area (TPSA) is 208 Å². The quantitative estimate of drug-likeness (QED) is 0.109. The van der Waals surface area contributed by atoms with Gasteiger partial charge in [-0.25, -0.2) is 21.3 Å². The number of benzene rings is 2. The predicted octanol–water partition coefficient (Wildman–Crippen LogP) is 0.581. The number of nitrogens with two attached hydrogens (primary N) is 2. The van der Waals surface area contributed by atoms with E-state index in [1.54, 1.807) is 24.3 Å². The van der Waals surface area contributed by atoms with Gasteiger partial charge in [-0.05, 0) is 38.1 Å². The van der Waals surface area contributed by atoms with E-state index in [1.165, 1.54) is 45.0 Å². The molecule has 0 bridgehead atoms. The summed E-state index contributed by atoms with van der Waals surface area (Å²) in [5.74, 6) is 8.42. The van der Waals surface area contributed by atoms with Gasteiger partial charge in [0.15, 0.2) is 12.1 Å². The summed E-state index contributed by atoms with van der Waals surface area (Å²) in [5.41, 5.74) is 0.705. The van der Waals surface area contributed by atoms with Gasteiger partial charge in [0.1, 0.15) is 12.5 Å². The molecule has 33 heavy (non-hydrogen) atoms. The molecule has 2 aromatic rings. The Labute approximate surface area is 190 Å². The molecule has 0 aromatic heterocycles. The Morgan fingerprint density at radius 2 is 1.06 bits per heavy atom. The van der Waals surface area contributed by atoms with E-state index in [2.05, 4.69) is 0 Å². The number of hydrazine groups is 2. The minimum absolute atomic E-state index is 0.0656. The fourth-order valence-corrected chi connectivity index (χ4v) is 2.16. The van der Waals surface area contributed by atoms with Crippen LogP contribution in [-0.2, 0) is 9.59 Å². The molecule has 12 nitrogen and oxygen atoms in total. The molecule has 0 spiro atoms. The molecule has 0 saturated heterocycles. The Morgan fingerprint density at radius 1 is 0.788 bits per heavy atom. The number of anilines is 2. The third-order valence-corrected chi connectivity index (χ3v) is 3.80. The number of aliphatic hydroxyl groups is 2. The van der Waals surface area contributed by atoms with Gasteiger partial charge < -0.3 is 20.4 Å². The number of carbonyl (C=O) groups excluding carboxylic acids is 2. The standard InChI is InChI=1S/2C9H12N2O3.C3H4O2/c2*1-6(12)11(10)8-5-3-2-4-7(8)9(13)14;1-3(5)2-4/h2*2-6,12H,10H2,1H3,(H,13,14);2H,1H3. The van der Waals surface area contributed by atoms with Crippen LogP contribution < -0.4 is 21.7 Å². The van der Waals surface area contributed by atoms with Crippen molar-refractivity contribution in [3.05, 3.63) is 59.7 Å². The van der Waals surface area contributed by atoms with Crippen LogP contribution in [0.1, 0.15) is 41.5 Å². The van der Waals surface area contributed by atoms with Gasteiger partial charge in [0.2, 0.25) is 0 Å². The van der Waals surface area contributed by atoms with E-state index < -0.39 is 30.2 Å². The molecule has 180 valence electrons. The second-order valence-corrected chi connectivity index (χ2v) is 6.45. The number of Topliss-reactive ketones (excluding diaryl/α,β-unsaturated/α-hetero) is 1. The van der Waals surface area contributed by atoms with E-state index in [0.717, 1.165) is 10.0 Å². The third-order valence-electron chi connectivity index (χ3n) is 3.80. The van der Waals surface area contributed by atoms with Crippen LogP contribution in [0.3, 0.4) is 0 Å². The van der Waals surface area contributed by atoms with Gasteiger partial charge in [0.25, 0.3) is 0 Å². The molecule has 2 unspecified atom stereocenters. The van der Waals surface area contributed by atoms with Crippen LogP contribution in [0.4, 0.5) is 11.4 Å². The highest BCUT2D eigenvalue weighted by Gasteiger charge is 2.16. The van der Waals surface area contributed by atoms with Crippen molar-refractivity contribution in [1.29, 1.82) is 0 Å². The fraction of sp³-hybridized carbons (Fsp3) is 0.238. The summed E-state index contributed by atoms with van der Waals surface area (Å²) in [7, 11) is 0. The zero-order valence-electron chi connectivity index (χ0n) is 18.3. The highest BCUT2D eigenvalue weighted by atomic mass is 16.4. The molecule has 0 aliphatic rings. The van der Waals surface area contributed by atoms with Crippen molar-refractivity contribution in [1.82, 2.24) is 0 Å². The largest absolute Gasteiger partial charge is 0.478 e. The van der Waals surface area contributed by atoms with Crippen molar-refractivity contribution < 1.29 is 39.6 Å². The van der Waals surface area contributed by atoms with E-state index >= 15 is 0 Å². The van der Waals surface area contributed by atoms with E-state index in [1.807, 2.05) is 0 Å².